The van der Waals surface area contributed by atoms with Gasteiger partial charge >= 0.3 is 0 Å². The lowest BCUT2D eigenvalue weighted by Gasteiger charge is -2.15. The molecule has 0 aromatic heterocycles. The molecular formula is C21H17NO5. The maximum absolute atomic E-state index is 11.6. The highest BCUT2D eigenvalue weighted by Crippen LogP contribution is 2.37. The molecule has 0 unspecified atom stereocenters. The number of hydrogen-bond donors (Lipinski definition) is 0. The van der Waals surface area contributed by atoms with Crippen molar-refractivity contribution in [1.29, 1.82) is 0 Å². The number of carbonyl (C=O) groups is 1. The van der Waals surface area contributed by atoms with Crippen molar-refractivity contribution in [3.05, 3.63) is 99.6 Å². The first-order chi connectivity index (χ1) is 13.2. The molecule has 0 N–H and O–H groups in total. The van der Waals surface area contributed by atoms with Gasteiger partial charge in [0.2, 0.25) is 0 Å². The Hall–Kier alpha value is -3.67. The van der Waals surface area contributed by atoms with Crippen molar-refractivity contribution in [2.24, 2.45) is 0 Å². The predicted molar refractivity (Wildman–Crippen MR) is 100 cm³/mol. The van der Waals surface area contributed by atoms with Gasteiger partial charge in [-0.2, -0.15) is 0 Å². The van der Waals surface area contributed by atoms with Crippen LogP contribution in [-0.4, -0.2) is 11.2 Å². The average molecular weight is 363 g/mol. The van der Waals surface area contributed by atoms with Crippen LogP contribution < -0.4 is 9.47 Å². The van der Waals surface area contributed by atoms with E-state index in [4.69, 9.17) is 9.47 Å². The zero-order chi connectivity index (χ0) is 19.1. The molecule has 3 rings (SSSR count). The van der Waals surface area contributed by atoms with Crippen LogP contribution in [0, 0.1) is 10.1 Å². The number of carbonyl (C=O) groups excluding carboxylic acids is 1. The van der Waals surface area contributed by atoms with Gasteiger partial charge in [-0.05, 0) is 17.2 Å². The Morgan fingerprint density at radius 1 is 0.815 bits per heavy atom. The van der Waals surface area contributed by atoms with Gasteiger partial charge in [0.1, 0.15) is 18.8 Å². The van der Waals surface area contributed by atoms with E-state index in [-0.39, 0.29) is 36.0 Å². The van der Waals surface area contributed by atoms with E-state index in [1.165, 1.54) is 12.1 Å². The second-order valence-corrected chi connectivity index (χ2v) is 5.75. The minimum atomic E-state index is -0.611. The lowest BCUT2D eigenvalue weighted by atomic mass is 10.1. The van der Waals surface area contributed by atoms with Crippen molar-refractivity contribution in [2.45, 2.75) is 13.2 Å². The summed E-state index contributed by atoms with van der Waals surface area (Å²) in [4.78, 5) is 22.2. The highest BCUT2D eigenvalue weighted by molar-refractivity contribution is 5.87. The standard InChI is InChI=1S/C21H17NO5/c23-13-18-19(22(24)25)11-12-20(26-14-16-7-3-1-4-8-16)21(18)27-15-17-9-5-2-6-10-17/h1-13H,14-15H2. The molecule has 3 aromatic carbocycles. The molecule has 136 valence electrons. The summed E-state index contributed by atoms with van der Waals surface area (Å²) in [5.41, 5.74) is 1.34. The maximum Gasteiger partial charge on any atom is 0.283 e. The van der Waals surface area contributed by atoms with Crippen LogP contribution in [0.25, 0.3) is 0 Å². The summed E-state index contributed by atoms with van der Waals surface area (Å²) in [6.07, 6.45) is 0.424. The first-order valence-corrected chi connectivity index (χ1v) is 8.29. The zero-order valence-electron chi connectivity index (χ0n) is 14.4. The summed E-state index contributed by atoms with van der Waals surface area (Å²) in [6.45, 7) is 0.406. The number of benzene rings is 3. The van der Waals surface area contributed by atoms with E-state index in [0.717, 1.165) is 11.1 Å². The summed E-state index contributed by atoms with van der Waals surface area (Å²) in [7, 11) is 0. The predicted octanol–water partition coefficient (Wildman–Crippen LogP) is 4.57. The molecule has 0 fully saturated rings. The summed E-state index contributed by atoms with van der Waals surface area (Å²) in [5, 5.41) is 11.2. The van der Waals surface area contributed by atoms with Crippen LogP contribution in [0.2, 0.25) is 0 Å². The monoisotopic (exact) mass is 363 g/mol. The van der Waals surface area contributed by atoms with Gasteiger partial charge in [0.15, 0.2) is 17.8 Å². The SMILES string of the molecule is O=Cc1c([N+](=O)[O-])ccc(OCc2ccccc2)c1OCc1ccccc1. The van der Waals surface area contributed by atoms with Crippen LogP contribution in [0.1, 0.15) is 21.5 Å². The molecule has 0 radical (unpaired) electrons. The van der Waals surface area contributed by atoms with Crippen LogP contribution in [-0.2, 0) is 13.2 Å². The molecule has 0 spiro atoms. The van der Waals surface area contributed by atoms with E-state index in [1.807, 2.05) is 60.7 Å². The molecule has 0 atom stereocenters. The molecule has 0 bridgehead atoms. The number of aldehydes is 1. The van der Waals surface area contributed by atoms with Crippen molar-refractivity contribution in [3.63, 3.8) is 0 Å². The van der Waals surface area contributed by atoms with E-state index in [1.54, 1.807) is 0 Å². The quantitative estimate of drug-likeness (QED) is 0.333. The van der Waals surface area contributed by atoms with Gasteiger partial charge in [-0.3, -0.25) is 14.9 Å². The van der Waals surface area contributed by atoms with Gasteiger partial charge < -0.3 is 9.47 Å². The highest BCUT2D eigenvalue weighted by Gasteiger charge is 2.23. The lowest BCUT2D eigenvalue weighted by molar-refractivity contribution is -0.385. The third-order valence-corrected chi connectivity index (χ3v) is 3.91. The number of nitrogens with zero attached hydrogens (tertiary/aromatic N) is 1. The molecule has 0 aliphatic rings. The molecule has 0 amide bonds. The van der Waals surface area contributed by atoms with Crippen molar-refractivity contribution in [1.82, 2.24) is 0 Å². The van der Waals surface area contributed by atoms with Gasteiger partial charge in [0.25, 0.3) is 5.69 Å². The Morgan fingerprint density at radius 3 is 1.89 bits per heavy atom. The minimum absolute atomic E-state index is 0.0685. The molecule has 0 aliphatic carbocycles. The largest absolute Gasteiger partial charge is 0.485 e. The molecule has 0 saturated carbocycles. The summed E-state index contributed by atoms with van der Waals surface area (Å²) >= 11 is 0. The van der Waals surface area contributed by atoms with E-state index >= 15 is 0 Å². The fourth-order valence-corrected chi connectivity index (χ4v) is 2.57. The number of rotatable bonds is 8. The van der Waals surface area contributed by atoms with Gasteiger partial charge in [-0.15, -0.1) is 0 Å². The second-order valence-electron chi connectivity index (χ2n) is 5.75. The minimum Gasteiger partial charge on any atom is -0.485 e. The zero-order valence-corrected chi connectivity index (χ0v) is 14.4. The fourth-order valence-electron chi connectivity index (χ4n) is 2.57. The van der Waals surface area contributed by atoms with E-state index in [2.05, 4.69) is 0 Å². The van der Waals surface area contributed by atoms with E-state index in [9.17, 15) is 14.9 Å². The molecule has 6 heteroatoms. The molecule has 0 heterocycles. The van der Waals surface area contributed by atoms with Gasteiger partial charge in [0, 0.05) is 6.07 Å². The van der Waals surface area contributed by atoms with Gasteiger partial charge in [-0.1, -0.05) is 60.7 Å². The molecule has 6 nitrogen and oxygen atoms in total. The van der Waals surface area contributed by atoms with Crippen molar-refractivity contribution < 1.29 is 19.2 Å². The fraction of sp³-hybridized carbons (Fsp3) is 0.0952. The highest BCUT2D eigenvalue weighted by atomic mass is 16.6. The number of nitro benzene ring substituents is 1. The first kappa shape index (κ1) is 18.1. The number of nitro groups is 1. The smallest absolute Gasteiger partial charge is 0.283 e. The summed E-state index contributed by atoms with van der Waals surface area (Å²) in [6, 6.07) is 21.5. The maximum atomic E-state index is 11.6. The molecule has 0 saturated heterocycles. The van der Waals surface area contributed by atoms with Crippen LogP contribution in [0.5, 0.6) is 11.5 Å². The molecule has 27 heavy (non-hydrogen) atoms. The summed E-state index contributed by atoms with van der Waals surface area (Å²) < 4.78 is 11.5. The molecule has 0 aliphatic heterocycles. The van der Waals surface area contributed by atoms with Crippen LogP contribution in [0.3, 0.4) is 0 Å². The Kier molecular flexibility index (Phi) is 5.79. The normalized spacial score (nSPS) is 10.2. The Balaban J connectivity index is 1.90. The van der Waals surface area contributed by atoms with Crippen LogP contribution >= 0.6 is 0 Å². The average Bonchev–Trinajstić information content (AvgIpc) is 2.71. The third-order valence-electron chi connectivity index (χ3n) is 3.91. The molecule has 3 aromatic rings. The van der Waals surface area contributed by atoms with E-state index < -0.39 is 4.92 Å². The topological polar surface area (TPSA) is 78.7 Å². The Morgan fingerprint density at radius 2 is 1.37 bits per heavy atom. The van der Waals surface area contributed by atoms with Gasteiger partial charge in [-0.25, -0.2) is 0 Å². The van der Waals surface area contributed by atoms with Gasteiger partial charge in [0.05, 0.1) is 4.92 Å². The Bertz CT molecular complexity index is 926. The van der Waals surface area contributed by atoms with E-state index in [0.29, 0.717) is 6.29 Å². The number of ether oxygens (including phenoxy) is 2. The van der Waals surface area contributed by atoms with Crippen molar-refractivity contribution >= 4 is 12.0 Å². The lowest BCUT2D eigenvalue weighted by Crippen LogP contribution is -2.05. The second kappa shape index (κ2) is 8.62. The first-order valence-electron chi connectivity index (χ1n) is 8.29. The molecular weight excluding hydrogens is 346 g/mol. The summed E-state index contributed by atoms with van der Waals surface area (Å²) in [5.74, 6) is 0.349. The Labute approximate surface area is 156 Å². The van der Waals surface area contributed by atoms with Crippen LogP contribution in [0.15, 0.2) is 72.8 Å². The van der Waals surface area contributed by atoms with Crippen molar-refractivity contribution in [3.8, 4) is 11.5 Å². The van der Waals surface area contributed by atoms with Crippen molar-refractivity contribution in [2.75, 3.05) is 0 Å². The van der Waals surface area contributed by atoms with Crippen LogP contribution in [0.4, 0.5) is 5.69 Å². The third kappa shape index (κ3) is 4.49. The number of hydrogen-bond acceptors (Lipinski definition) is 5.